The van der Waals surface area contributed by atoms with Gasteiger partial charge in [0.15, 0.2) is 0 Å². The van der Waals surface area contributed by atoms with Crippen molar-refractivity contribution in [2.24, 2.45) is 0 Å². The number of rotatable bonds is 6. The van der Waals surface area contributed by atoms with Crippen molar-refractivity contribution in [1.82, 2.24) is 5.43 Å². The molecule has 27 heavy (non-hydrogen) atoms. The van der Waals surface area contributed by atoms with Crippen LogP contribution in [-0.4, -0.2) is 11.3 Å². The van der Waals surface area contributed by atoms with E-state index >= 15 is 0 Å². The van der Waals surface area contributed by atoms with Gasteiger partial charge in [0.05, 0.1) is 5.56 Å². The van der Waals surface area contributed by atoms with Crippen LogP contribution in [0, 0.1) is 6.92 Å². The highest BCUT2D eigenvalue weighted by Gasteiger charge is 2.05. The number of nitrogens with one attached hydrogen (secondary N) is 3. The fraction of sp³-hybridized carbons (Fsp3) is 0.0909. The molecule has 0 atom stereocenters. The quantitative estimate of drug-likeness (QED) is 0.352. The summed E-state index contributed by atoms with van der Waals surface area (Å²) >= 11 is 5.28. The molecule has 5 heteroatoms. The molecule has 0 fully saturated rings. The second-order valence-corrected chi connectivity index (χ2v) is 6.40. The van der Waals surface area contributed by atoms with Crippen LogP contribution in [-0.2, 0) is 6.61 Å². The summed E-state index contributed by atoms with van der Waals surface area (Å²) in [6.45, 7) is 2.61. The maximum Gasteiger partial charge on any atom is 0.228 e. The van der Waals surface area contributed by atoms with Crippen LogP contribution in [0.3, 0.4) is 0 Å². The largest absolute Gasteiger partial charge is 0.488 e. The van der Waals surface area contributed by atoms with Crippen LogP contribution in [0.25, 0.3) is 0 Å². The first-order chi connectivity index (χ1) is 13.2. The van der Waals surface area contributed by atoms with Crippen molar-refractivity contribution in [3.63, 3.8) is 0 Å². The van der Waals surface area contributed by atoms with E-state index in [2.05, 4.69) is 34.9 Å². The van der Waals surface area contributed by atoms with Crippen molar-refractivity contribution in [3.8, 4) is 5.75 Å². The summed E-state index contributed by atoms with van der Waals surface area (Å²) < 4.78 is 6.01. The van der Waals surface area contributed by atoms with Crippen molar-refractivity contribution >= 4 is 29.2 Å². The van der Waals surface area contributed by atoms with E-state index in [0.29, 0.717) is 11.7 Å². The summed E-state index contributed by atoms with van der Waals surface area (Å²) in [5, 5.41) is 6.60. The first-order valence-electron chi connectivity index (χ1n) is 8.69. The van der Waals surface area contributed by atoms with E-state index in [-0.39, 0.29) is 0 Å². The number of hydrazone groups is 1. The van der Waals surface area contributed by atoms with Crippen LogP contribution in [0.4, 0.5) is 5.69 Å². The molecule has 0 bridgehead atoms. The normalized spacial score (nSPS) is 10.6. The maximum absolute atomic E-state index is 6.01. The fourth-order valence-corrected chi connectivity index (χ4v) is 2.70. The summed E-state index contributed by atoms with van der Waals surface area (Å²) in [5.74, 6) is 0.803. The topological polar surface area (TPSA) is 47.3 Å². The Hall–Kier alpha value is -3.18. The summed E-state index contributed by atoms with van der Waals surface area (Å²) in [4.78, 5) is 0. The monoisotopic (exact) mass is 376 g/mol. The van der Waals surface area contributed by atoms with Crippen LogP contribution in [0.15, 0.2) is 78.9 Å². The van der Waals surface area contributed by atoms with Gasteiger partial charge in [0.25, 0.3) is 0 Å². The minimum Gasteiger partial charge on any atom is -0.488 e. The smallest absolute Gasteiger partial charge is 0.228 e. The molecule has 136 valence electrons. The maximum atomic E-state index is 6.01. The Labute approximate surface area is 164 Å². The molecule has 0 unspecified atom stereocenters. The Bertz CT molecular complexity index is 926. The molecule has 0 amide bonds. The van der Waals surface area contributed by atoms with Crippen LogP contribution >= 0.6 is 12.2 Å². The van der Waals surface area contributed by atoms with E-state index < -0.39 is 0 Å². The van der Waals surface area contributed by atoms with Gasteiger partial charge in [-0.1, -0.05) is 54.6 Å². The summed E-state index contributed by atoms with van der Waals surface area (Å²) in [6, 6.07) is 25.8. The van der Waals surface area contributed by atoms with Crippen molar-refractivity contribution in [3.05, 3.63) is 95.6 Å². The predicted molar refractivity (Wildman–Crippen MR) is 114 cm³/mol. The van der Waals surface area contributed by atoms with Crippen LogP contribution in [0.5, 0.6) is 5.75 Å². The van der Waals surface area contributed by atoms with Gasteiger partial charge in [-0.15, -0.1) is 10.5 Å². The third-order valence-electron chi connectivity index (χ3n) is 4.01. The molecular formula is C22H22N3OS+. The van der Waals surface area contributed by atoms with E-state index in [0.717, 1.165) is 17.0 Å². The molecule has 3 aromatic rings. The Morgan fingerprint density at radius 3 is 2.48 bits per heavy atom. The van der Waals surface area contributed by atoms with Gasteiger partial charge in [-0.25, -0.2) is 0 Å². The third kappa shape index (κ3) is 5.66. The number of ether oxygens (including phenoxy) is 1. The number of benzene rings is 3. The van der Waals surface area contributed by atoms with Gasteiger partial charge in [-0.05, 0) is 54.5 Å². The number of hydrazine groups is 1. The highest BCUT2D eigenvalue weighted by Crippen LogP contribution is 2.18. The molecule has 0 saturated carbocycles. The average molecular weight is 377 g/mol. The molecule has 0 aliphatic carbocycles. The molecule has 3 rings (SSSR count). The molecular weight excluding hydrogens is 354 g/mol. The molecule has 0 heterocycles. The van der Waals surface area contributed by atoms with E-state index in [9.17, 15) is 0 Å². The minimum atomic E-state index is 0.482. The van der Waals surface area contributed by atoms with Crippen molar-refractivity contribution < 1.29 is 9.84 Å². The lowest BCUT2D eigenvalue weighted by Gasteiger charge is -2.10. The molecule has 4 nitrogen and oxygen atoms in total. The Balaban J connectivity index is 1.59. The molecule has 0 saturated heterocycles. The van der Waals surface area contributed by atoms with Crippen molar-refractivity contribution in [2.45, 2.75) is 13.5 Å². The average Bonchev–Trinajstić information content (AvgIpc) is 2.69. The number of hydrogen-bond acceptors (Lipinski definition) is 2. The zero-order valence-electron chi connectivity index (χ0n) is 15.1. The van der Waals surface area contributed by atoms with Gasteiger partial charge < -0.3 is 10.1 Å². The van der Waals surface area contributed by atoms with E-state index in [4.69, 9.17) is 17.0 Å². The third-order valence-corrected chi connectivity index (χ3v) is 4.21. The molecule has 0 aromatic heterocycles. The van der Waals surface area contributed by atoms with E-state index in [1.54, 1.807) is 0 Å². The zero-order valence-corrected chi connectivity index (χ0v) is 15.9. The summed E-state index contributed by atoms with van der Waals surface area (Å²) in [7, 11) is 0. The van der Waals surface area contributed by atoms with Gasteiger partial charge >= 0.3 is 0 Å². The molecule has 0 spiro atoms. The zero-order chi connectivity index (χ0) is 18.9. The number of anilines is 1. The summed E-state index contributed by atoms with van der Waals surface area (Å²) in [6.07, 6.45) is 1.83. The Kier molecular flexibility index (Phi) is 6.55. The van der Waals surface area contributed by atoms with Gasteiger partial charge in [-0.3, -0.25) is 0 Å². The fourth-order valence-electron chi connectivity index (χ4n) is 2.52. The number of thiocarbonyl (C=S) groups is 1. The van der Waals surface area contributed by atoms with Crippen LogP contribution in [0.1, 0.15) is 16.7 Å². The molecule has 3 aromatic carbocycles. The Morgan fingerprint density at radius 1 is 0.963 bits per heavy atom. The highest BCUT2D eigenvalue weighted by molar-refractivity contribution is 7.80. The Morgan fingerprint density at radius 2 is 1.67 bits per heavy atom. The first kappa shape index (κ1) is 18.6. The SMILES string of the molecule is Cc1ccccc1COc1ccccc1C=[NH+]NC(=S)Nc1ccccc1. The second kappa shape index (κ2) is 9.50. The lowest BCUT2D eigenvalue weighted by atomic mass is 10.1. The van der Waals surface area contributed by atoms with Crippen LogP contribution < -0.4 is 20.6 Å². The van der Waals surface area contributed by atoms with Gasteiger partial charge in [0, 0.05) is 5.69 Å². The number of aryl methyl sites for hydroxylation is 1. The highest BCUT2D eigenvalue weighted by atomic mass is 32.1. The van der Waals surface area contributed by atoms with Crippen LogP contribution in [0.2, 0.25) is 0 Å². The number of para-hydroxylation sites is 2. The predicted octanol–water partition coefficient (Wildman–Crippen LogP) is 2.98. The van der Waals surface area contributed by atoms with E-state index in [1.165, 1.54) is 11.1 Å². The van der Waals surface area contributed by atoms with Gasteiger partial charge in [0.1, 0.15) is 12.4 Å². The molecule has 0 aliphatic heterocycles. The molecule has 0 radical (unpaired) electrons. The summed E-state index contributed by atoms with van der Waals surface area (Å²) in [5.41, 5.74) is 7.20. The van der Waals surface area contributed by atoms with Crippen molar-refractivity contribution in [1.29, 1.82) is 0 Å². The molecule has 3 N–H and O–H groups in total. The lowest BCUT2D eigenvalue weighted by molar-refractivity contribution is -0.499. The second-order valence-electron chi connectivity index (χ2n) is 5.99. The van der Waals surface area contributed by atoms with Gasteiger partial charge in [-0.2, -0.15) is 0 Å². The van der Waals surface area contributed by atoms with Gasteiger partial charge in [0.2, 0.25) is 11.3 Å². The number of hydrogen-bond donors (Lipinski definition) is 3. The first-order valence-corrected chi connectivity index (χ1v) is 9.10. The lowest BCUT2D eigenvalue weighted by Crippen LogP contribution is -2.82. The van der Waals surface area contributed by atoms with Crippen molar-refractivity contribution in [2.75, 3.05) is 5.32 Å². The standard InChI is InChI=1S/C22H21N3OS/c1-17-9-5-6-11-19(17)16-26-21-14-8-7-10-18(21)15-23-25-22(27)24-20-12-3-2-4-13-20/h2-15H,16H2,1H3,(H2,24,25,27)/p+1. The van der Waals surface area contributed by atoms with E-state index in [1.807, 2.05) is 72.9 Å². The molecule has 0 aliphatic rings. The minimum absolute atomic E-state index is 0.482.